The molecule has 4 aromatic rings. The Kier molecular flexibility index (Phi) is 12.2. The van der Waals surface area contributed by atoms with Crippen LogP contribution < -0.4 is 36.4 Å². The Bertz CT molecular complexity index is 2460. The molecule has 0 spiro atoms. The minimum absolute atomic E-state index is 0.00257. The highest BCUT2D eigenvalue weighted by Gasteiger charge is 2.36. The number of amides is 6. The summed E-state index contributed by atoms with van der Waals surface area (Å²) in [5.41, 5.74) is 7.95. The maximum Gasteiger partial charge on any atom is 0.320 e. The lowest BCUT2D eigenvalue weighted by molar-refractivity contribution is -0.134. The number of halogens is 1. The van der Waals surface area contributed by atoms with Gasteiger partial charge < -0.3 is 40.9 Å². The van der Waals surface area contributed by atoms with Crippen LogP contribution in [0.4, 0.5) is 38.0 Å². The highest BCUT2D eigenvalue weighted by molar-refractivity contribution is 6.11. The number of piperazine rings is 1. The van der Waals surface area contributed by atoms with Gasteiger partial charge in [0.05, 0.1) is 11.7 Å². The zero-order valence-corrected chi connectivity index (χ0v) is 36.0. The topological polar surface area (TPSA) is 206 Å². The van der Waals surface area contributed by atoms with Gasteiger partial charge in [-0.15, -0.1) is 10.2 Å². The first-order valence-corrected chi connectivity index (χ1v) is 22.3. The molecule has 0 bridgehead atoms. The molecule has 5 aliphatic rings. The molecular weight excluding hydrogens is 822 g/mol. The van der Waals surface area contributed by atoms with E-state index >= 15 is 4.39 Å². The first-order valence-electron chi connectivity index (χ1n) is 22.3. The van der Waals surface area contributed by atoms with Crippen LogP contribution in [0.5, 0.6) is 0 Å². The number of primary amides is 1. The average Bonchev–Trinajstić information content (AvgIpc) is 3.64. The molecule has 0 aliphatic carbocycles. The van der Waals surface area contributed by atoms with Crippen LogP contribution in [-0.4, -0.2) is 151 Å². The van der Waals surface area contributed by atoms with Crippen LogP contribution in [0, 0.1) is 11.7 Å². The fraction of sp³-hybridized carbons (Fsp3) is 0.467. The number of fused-ring (bicyclic) bond motifs is 1. The summed E-state index contributed by atoms with van der Waals surface area (Å²) >= 11 is 0. The SMILES string of the molecule is CN1CCN([C@@H]2CCCN(c3nnc(C(N)=O)c(Nc4ccc(N5CCN(CC6CCN(c7cccc8c(C(=O)NC9CCC(=O)NC9=O)cccc78)CC6)CC5)c(F)c4)n3)C2)C1=O. The number of nitrogens with one attached hydrogen (secondary N) is 3. The molecule has 5 fully saturated rings. The fourth-order valence-corrected chi connectivity index (χ4v) is 9.81. The lowest BCUT2D eigenvalue weighted by atomic mass is 9.94. The number of carbonyl (C=O) groups excluding carboxylic acids is 5. The molecule has 9 rings (SSSR count). The predicted octanol–water partition coefficient (Wildman–Crippen LogP) is 2.92. The van der Waals surface area contributed by atoms with Gasteiger partial charge in [-0.3, -0.25) is 29.4 Å². The molecule has 1 aromatic heterocycles. The van der Waals surface area contributed by atoms with E-state index < -0.39 is 23.7 Å². The zero-order valence-electron chi connectivity index (χ0n) is 36.0. The molecular formula is C45H54FN13O5. The van der Waals surface area contributed by atoms with Crippen molar-refractivity contribution in [2.45, 2.75) is 50.6 Å². The number of rotatable bonds is 11. The van der Waals surface area contributed by atoms with E-state index in [0.29, 0.717) is 68.1 Å². The average molecular weight is 876 g/mol. The molecule has 19 heteroatoms. The zero-order chi connectivity index (χ0) is 44.5. The monoisotopic (exact) mass is 875 g/mol. The number of urea groups is 1. The van der Waals surface area contributed by atoms with Crippen LogP contribution >= 0.6 is 0 Å². The largest absolute Gasteiger partial charge is 0.371 e. The normalized spacial score (nSPS) is 21.4. The Hall–Kier alpha value is -6.63. The lowest BCUT2D eigenvalue weighted by Crippen LogP contribution is -2.52. The Morgan fingerprint density at radius 1 is 0.828 bits per heavy atom. The second-order valence-corrected chi connectivity index (χ2v) is 17.5. The molecule has 6 heterocycles. The second kappa shape index (κ2) is 18.2. The number of likely N-dealkylation sites (N-methyl/N-ethyl adjacent to an activating group) is 1. The van der Waals surface area contributed by atoms with Gasteiger partial charge in [-0.05, 0) is 73.7 Å². The van der Waals surface area contributed by atoms with Crippen molar-refractivity contribution in [1.82, 2.24) is 40.5 Å². The van der Waals surface area contributed by atoms with Crippen molar-refractivity contribution in [3.05, 3.63) is 71.7 Å². The summed E-state index contributed by atoms with van der Waals surface area (Å²) in [6, 6.07) is 15.8. The summed E-state index contributed by atoms with van der Waals surface area (Å²) in [6.07, 6.45) is 4.21. The van der Waals surface area contributed by atoms with Gasteiger partial charge in [-0.2, -0.15) is 4.98 Å². The Balaban J connectivity index is 0.776. The van der Waals surface area contributed by atoms with Gasteiger partial charge in [0.15, 0.2) is 11.5 Å². The van der Waals surface area contributed by atoms with Crippen molar-refractivity contribution >= 4 is 69.3 Å². The third-order valence-corrected chi connectivity index (χ3v) is 13.4. The highest BCUT2D eigenvalue weighted by atomic mass is 19.1. The van der Waals surface area contributed by atoms with Crippen LogP contribution in [0.15, 0.2) is 54.6 Å². The van der Waals surface area contributed by atoms with E-state index in [-0.39, 0.29) is 48.2 Å². The summed E-state index contributed by atoms with van der Waals surface area (Å²) in [6.45, 7) is 8.25. The summed E-state index contributed by atoms with van der Waals surface area (Å²) in [5.74, 6) is -1.45. The first kappa shape index (κ1) is 42.7. The summed E-state index contributed by atoms with van der Waals surface area (Å²) in [5, 5.41) is 18.3. The van der Waals surface area contributed by atoms with Gasteiger partial charge >= 0.3 is 6.03 Å². The smallest absolute Gasteiger partial charge is 0.320 e. The molecule has 2 atom stereocenters. The molecule has 5 saturated heterocycles. The van der Waals surface area contributed by atoms with E-state index in [9.17, 15) is 24.0 Å². The van der Waals surface area contributed by atoms with Gasteiger partial charge in [-0.1, -0.05) is 24.3 Å². The molecule has 5 N–H and O–H groups in total. The molecule has 3 aromatic carbocycles. The van der Waals surface area contributed by atoms with Gasteiger partial charge in [0.1, 0.15) is 11.9 Å². The van der Waals surface area contributed by atoms with E-state index in [1.165, 1.54) is 6.07 Å². The molecule has 1 unspecified atom stereocenters. The Labute approximate surface area is 370 Å². The number of nitrogens with zero attached hydrogens (tertiary/aromatic N) is 9. The predicted molar refractivity (Wildman–Crippen MR) is 239 cm³/mol. The molecule has 18 nitrogen and oxygen atoms in total. The first-order chi connectivity index (χ1) is 31.0. The van der Waals surface area contributed by atoms with Crippen molar-refractivity contribution in [2.24, 2.45) is 11.7 Å². The summed E-state index contributed by atoms with van der Waals surface area (Å²) in [4.78, 5) is 79.3. The van der Waals surface area contributed by atoms with Crippen molar-refractivity contribution in [1.29, 1.82) is 0 Å². The third kappa shape index (κ3) is 8.93. The number of piperidine rings is 3. The third-order valence-electron chi connectivity index (χ3n) is 13.4. The van der Waals surface area contributed by atoms with Crippen LogP contribution in [0.2, 0.25) is 0 Å². The number of imide groups is 1. The fourth-order valence-electron chi connectivity index (χ4n) is 9.81. The lowest BCUT2D eigenvalue weighted by Gasteiger charge is -2.40. The van der Waals surface area contributed by atoms with E-state index in [4.69, 9.17) is 5.73 Å². The van der Waals surface area contributed by atoms with Crippen molar-refractivity contribution in [3.63, 3.8) is 0 Å². The molecule has 6 amide bonds. The minimum Gasteiger partial charge on any atom is -0.371 e. The molecule has 64 heavy (non-hydrogen) atoms. The number of hydrogen-bond acceptors (Lipinski definition) is 13. The number of carbonyl (C=O) groups is 5. The number of benzene rings is 3. The number of aromatic nitrogens is 3. The van der Waals surface area contributed by atoms with Crippen LogP contribution in [0.25, 0.3) is 10.8 Å². The molecule has 5 aliphatic heterocycles. The van der Waals surface area contributed by atoms with Gasteiger partial charge in [0.25, 0.3) is 11.8 Å². The van der Waals surface area contributed by atoms with Crippen LogP contribution in [0.1, 0.15) is 59.4 Å². The van der Waals surface area contributed by atoms with Crippen LogP contribution in [-0.2, 0) is 9.59 Å². The maximum absolute atomic E-state index is 15.8. The Morgan fingerprint density at radius 2 is 1.59 bits per heavy atom. The van der Waals surface area contributed by atoms with Gasteiger partial charge in [0.2, 0.25) is 17.8 Å². The van der Waals surface area contributed by atoms with E-state index in [1.54, 1.807) is 30.1 Å². The van der Waals surface area contributed by atoms with E-state index in [1.807, 2.05) is 34.1 Å². The van der Waals surface area contributed by atoms with Crippen molar-refractivity contribution in [2.75, 3.05) is 99.1 Å². The van der Waals surface area contributed by atoms with Crippen molar-refractivity contribution < 1.29 is 28.4 Å². The van der Waals surface area contributed by atoms with Gasteiger partial charge in [-0.25, -0.2) is 9.18 Å². The van der Waals surface area contributed by atoms with Crippen molar-refractivity contribution in [3.8, 4) is 0 Å². The molecule has 0 saturated carbocycles. The quantitative estimate of drug-likeness (QED) is 0.160. The number of hydrogen-bond donors (Lipinski definition) is 4. The molecule has 336 valence electrons. The van der Waals surface area contributed by atoms with E-state index in [2.05, 4.69) is 51.9 Å². The number of nitrogens with two attached hydrogens (primary N) is 1. The summed E-state index contributed by atoms with van der Waals surface area (Å²) in [7, 11) is 1.80. The van der Waals surface area contributed by atoms with Gasteiger partial charge in [0, 0.05) is 108 Å². The van der Waals surface area contributed by atoms with Crippen LogP contribution in [0.3, 0.4) is 0 Å². The Morgan fingerprint density at radius 3 is 2.33 bits per heavy atom. The standard InChI is InChI=1S/C45H54FN13O5/c1-54-19-24-59(45(54)64)30-5-4-16-58(27-30)44-51-41(39(40(47)61)52-53-44)48-29-10-12-37(34(46)25-29)57-22-20-55(21-23-57)26-28-14-17-56(18-15-28)36-9-3-6-31-32(36)7-2-8-33(31)42(62)49-35-11-13-38(60)50-43(35)63/h2-3,6-10,12,25,28,30,35H,4-5,11,13-24,26-27H2,1H3,(H2,47,61)(H,49,62)(H,48,51,53)(H,50,60,63)/t30-,35?/m1/s1. The summed E-state index contributed by atoms with van der Waals surface area (Å²) < 4.78 is 15.8. The maximum atomic E-state index is 15.8. The number of anilines is 5. The minimum atomic E-state index is -0.811. The molecule has 0 radical (unpaired) electrons. The van der Waals surface area contributed by atoms with E-state index in [0.717, 1.165) is 74.9 Å². The second-order valence-electron chi connectivity index (χ2n) is 17.5. The highest BCUT2D eigenvalue weighted by Crippen LogP contribution is 2.33.